The van der Waals surface area contributed by atoms with Crippen LogP contribution in [0.15, 0.2) is 59.9 Å². The maximum atomic E-state index is 12.9. The zero-order valence-corrected chi connectivity index (χ0v) is 16.9. The zero-order valence-electron chi connectivity index (χ0n) is 16.1. The predicted molar refractivity (Wildman–Crippen MR) is 108 cm³/mol. The number of carbonyl (C=O) groups is 1. The number of anilines is 1. The fraction of sp³-hybridized carbons (Fsp3) is 0.250. The molecule has 1 atom stereocenters. The molecule has 8 nitrogen and oxygen atoms in total. The molecule has 0 radical (unpaired) electrons. The molecule has 1 aromatic carbocycles. The summed E-state index contributed by atoms with van der Waals surface area (Å²) < 4.78 is 30.0. The quantitative estimate of drug-likeness (QED) is 0.693. The lowest BCUT2D eigenvalue weighted by Crippen LogP contribution is -2.33. The molecule has 0 bridgehead atoms. The zero-order chi connectivity index (χ0) is 20.6. The Morgan fingerprint density at radius 1 is 1.24 bits per heavy atom. The molecule has 0 saturated heterocycles. The summed E-state index contributed by atoms with van der Waals surface area (Å²) in [7, 11) is -3.73. The van der Waals surface area contributed by atoms with Gasteiger partial charge < -0.3 is 4.90 Å². The molecule has 0 aliphatic carbocycles. The van der Waals surface area contributed by atoms with Gasteiger partial charge in [-0.25, -0.2) is 22.8 Å². The second-order valence-electron chi connectivity index (χ2n) is 6.99. The molecule has 150 valence electrons. The lowest BCUT2D eigenvalue weighted by atomic mass is 10.1. The van der Waals surface area contributed by atoms with E-state index in [9.17, 15) is 13.2 Å². The maximum Gasteiger partial charge on any atom is 0.240 e. The summed E-state index contributed by atoms with van der Waals surface area (Å²) in [5.74, 6) is 0.521. The van der Waals surface area contributed by atoms with Crippen molar-refractivity contribution in [2.75, 3.05) is 4.90 Å². The van der Waals surface area contributed by atoms with Gasteiger partial charge in [0, 0.05) is 49.4 Å². The third kappa shape index (κ3) is 3.66. The van der Waals surface area contributed by atoms with Crippen LogP contribution in [-0.2, 0) is 27.8 Å². The molecule has 1 aliphatic rings. The van der Waals surface area contributed by atoms with Crippen molar-refractivity contribution in [1.82, 2.24) is 19.5 Å². The van der Waals surface area contributed by atoms with Crippen molar-refractivity contribution >= 4 is 21.6 Å². The molecule has 29 heavy (non-hydrogen) atoms. The van der Waals surface area contributed by atoms with Gasteiger partial charge in [-0.3, -0.25) is 4.79 Å². The summed E-state index contributed by atoms with van der Waals surface area (Å²) in [6.07, 6.45) is 5.66. The highest BCUT2D eigenvalue weighted by atomic mass is 32.2. The first-order valence-electron chi connectivity index (χ1n) is 9.23. The minimum Gasteiger partial charge on any atom is -0.309 e. The van der Waals surface area contributed by atoms with Crippen molar-refractivity contribution in [3.63, 3.8) is 0 Å². The van der Waals surface area contributed by atoms with Crippen LogP contribution in [0.1, 0.15) is 25.0 Å². The topological polar surface area (TPSA) is 97.2 Å². The third-order valence-electron chi connectivity index (χ3n) is 4.96. The second-order valence-corrected chi connectivity index (χ2v) is 8.76. The summed E-state index contributed by atoms with van der Waals surface area (Å²) >= 11 is 0. The fourth-order valence-electron chi connectivity index (χ4n) is 3.68. The van der Waals surface area contributed by atoms with E-state index in [4.69, 9.17) is 0 Å². The van der Waals surface area contributed by atoms with Crippen molar-refractivity contribution in [1.29, 1.82) is 0 Å². The molecule has 1 N–H and O–H groups in total. The molecule has 3 heterocycles. The van der Waals surface area contributed by atoms with Crippen LogP contribution >= 0.6 is 0 Å². The highest BCUT2D eigenvalue weighted by Crippen LogP contribution is 2.33. The number of sulfonamides is 1. The lowest BCUT2D eigenvalue weighted by Gasteiger charge is -2.20. The first kappa shape index (κ1) is 19.3. The van der Waals surface area contributed by atoms with E-state index >= 15 is 0 Å². The first-order chi connectivity index (χ1) is 13.9. The molecule has 0 fully saturated rings. The van der Waals surface area contributed by atoms with Crippen LogP contribution in [0.4, 0.5) is 5.69 Å². The molecular weight excluding hydrogens is 390 g/mol. The number of hydrogen-bond acceptors (Lipinski definition) is 5. The average molecular weight is 411 g/mol. The molecular formula is C20H21N5O3S. The third-order valence-corrected chi connectivity index (χ3v) is 6.36. The summed E-state index contributed by atoms with van der Waals surface area (Å²) in [5, 5.41) is 4.16. The SMILES string of the molecule is CC(=O)N1c2ccc(S(=O)(=O)NCc3cccnc3-n3cccn3)cc2C[C@H]1C. The Bertz CT molecular complexity index is 1160. The van der Waals surface area contributed by atoms with Crippen LogP contribution in [0.2, 0.25) is 0 Å². The van der Waals surface area contributed by atoms with E-state index in [1.807, 2.05) is 13.0 Å². The van der Waals surface area contributed by atoms with Crippen LogP contribution in [-0.4, -0.2) is 35.1 Å². The number of fused-ring (bicyclic) bond motifs is 1. The Balaban J connectivity index is 1.57. The molecule has 0 spiro atoms. The van der Waals surface area contributed by atoms with E-state index in [1.165, 1.54) is 13.0 Å². The molecule has 1 amide bonds. The normalized spacial score (nSPS) is 16.1. The summed E-state index contributed by atoms with van der Waals surface area (Å²) in [5.41, 5.74) is 2.34. The van der Waals surface area contributed by atoms with Crippen LogP contribution in [0.5, 0.6) is 0 Å². The Hall–Kier alpha value is -3.04. The van der Waals surface area contributed by atoms with Gasteiger partial charge in [-0.1, -0.05) is 6.07 Å². The number of carbonyl (C=O) groups excluding carboxylic acids is 1. The molecule has 9 heteroatoms. The minimum atomic E-state index is -3.73. The van der Waals surface area contributed by atoms with Gasteiger partial charge in [-0.05, 0) is 49.2 Å². The smallest absolute Gasteiger partial charge is 0.240 e. The van der Waals surface area contributed by atoms with Gasteiger partial charge >= 0.3 is 0 Å². The van der Waals surface area contributed by atoms with Gasteiger partial charge in [-0.2, -0.15) is 5.10 Å². The van der Waals surface area contributed by atoms with Crippen molar-refractivity contribution in [3.05, 3.63) is 66.1 Å². The molecule has 0 unspecified atom stereocenters. The predicted octanol–water partition coefficient (Wildman–Crippen LogP) is 2.04. The van der Waals surface area contributed by atoms with Crippen LogP contribution < -0.4 is 9.62 Å². The number of amides is 1. The number of benzene rings is 1. The van der Waals surface area contributed by atoms with Crippen molar-refractivity contribution < 1.29 is 13.2 Å². The summed E-state index contributed by atoms with van der Waals surface area (Å²) in [4.78, 5) is 18.1. The number of pyridine rings is 1. The van der Waals surface area contributed by atoms with E-state index in [0.29, 0.717) is 17.8 Å². The van der Waals surface area contributed by atoms with E-state index in [2.05, 4.69) is 14.8 Å². The van der Waals surface area contributed by atoms with E-state index in [0.717, 1.165) is 11.3 Å². The number of aromatic nitrogens is 3. The van der Waals surface area contributed by atoms with Gasteiger partial charge in [0.25, 0.3) is 0 Å². The van der Waals surface area contributed by atoms with Crippen molar-refractivity contribution in [3.8, 4) is 5.82 Å². The summed E-state index contributed by atoms with van der Waals surface area (Å²) in [6.45, 7) is 3.55. The fourth-order valence-corrected chi connectivity index (χ4v) is 4.74. The van der Waals surface area contributed by atoms with Crippen LogP contribution in [0.3, 0.4) is 0 Å². The Morgan fingerprint density at radius 3 is 2.79 bits per heavy atom. The standard InChI is InChI=1S/C20H21N5O3S/c1-14-11-17-12-18(6-7-19(17)25(14)15(2)26)29(27,28)23-13-16-5-3-8-21-20(16)24-10-4-9-22-24/h3-10,12,14,23H,11,13H2,1-2H3/t14-/m1/s1. The molecule has 4 rings (SSSR count). The van der Waals surface area contributed by atoms with Gasteiger partial charge in [0.2, 0.25) is 15.9 Å². The van der Waals surface area contributed by atoms with E-state index in [-0.39, 0.29) is 23.4 Å². The highest BCUT2D eigenvalue weighted by molar-refractivity contribution is 7.89. The van der Waals surface area contributed by atoms with E-state index < -0.39 is 10.0 Å². The van der Waals surface area contributed by atoms with Gasteiger partial charge in [0.1, 0.15) is 0 Å². The first-order valence-corrected chi connectivity index (χ1v) is 10.7. The van der Waals surface area contributed by atoms with Crippen molar-refractivity contribution in [2.24, 2.45) is 0 Å². The maximum absolute atomic E-state index is 12.9. The highest BCUT2D eigenvalue weighted by Gasteiger charge is 2.30. The molecule has 2 aromatic heterocycles. The average Bonchev–Trinajstić information content (AvgIpc) is 3.33. The number of hydrogen-bond donors (Lipinski definition) is 1. The molecule has 3 aromatic rings. The largest absolute Gasteiger partial charge is 0.309 e. The number of nitrogens with one attached hydrogen (secondary N) is 1. The lowest BCUT2D eigenvalue weighted by molar-refractivity contribution is -0.116. The van der Waals surface area contributed by atoms with Gasteiger partial charge in [0.05, 0.1) is 4.90 Å². The molecule has 1 aliphatic heterocycles. The monoisotopic (exact) mass is 411 g/mol. The van der Waals surface area contributed by atoms with Gasteiger partial charge in [-0.15, -0.1) is 0 Å². The van der Waals surface area contributed by atoms with Gasteiger partial charge in [0.15, 0.2) is 5.82 Å². The second kappa shape index (κ2) is 7.41. The van der Waals surface area contributed by atoms with E-state index in [1.54, 1.807) is 52.4 Å². The number of rotatable bonds is 5. The molecule has 0 saturated carbocycles. The number of nitrogens with zero attached hydrogens (tertiary/aromatic N) is 4. The Kier molecular flexibility index (Phi) is 4.93. The van der Waals surface area contributed by atoms with Crippen LogP contribution in [0.25, 0.3) is 5.82 Å². The van der Waals surface area contributed by atoms with Crippen LogP contribution in [0, 0.1) is 0 Å². The Morgan fingerprint density at radius 2 is 2.07 bits per heavy atom. The summed E-state index contributed by atoms with van der Waals surface area (Å²) in [6, 6.07) is 10.2. The van der Waals surface area contributed by atoms with Crippen molar-refractivity contribution in [2.45, 2.75) is 37.8 Å². The Labute approximate surface area is 169 Å². The minimum absolute atomic E-state index is 0.0143.